The van der Waals surface area contributed by atoms with Crippen molar-refractivity contribution in [2.24, 2.45) is 17.6 Å². The molecule has 4 N–H and O–H groups in total. The molecule has 0 unspecified atom stereocenters. The Kier molecular flexibility index (Phi) is 13.1. The highest BCUT2D eigenvalue weighted by Crippen LogP contribution is 2.46. The summed E-state index contributed by atoms with van der Waals surface area (Å²) in [5.74, 6) is -7.74. The van der Waals surface area contributed by atoms with Crippen LogP contribution in [0.15, 0.2) is 60.7 Å². The minimum Gasteiger partial charge on any atom is -0.490 e. The third-order valence-electron chi connectivity index (χ3n) is 12.4. The maximum absolute atomic E-state index is 14.0. The second-order valence-corrected chi connectivity index (χ2v) is 17.4. The third kappa shape index (κ3) is 10.5. The second-order valence-electron chi connectivity index (χ2n) is 17.4. The molecule has 1 aliphatic heterocycles. The van der Waals surface area contributed by atoms with Gasteiger partial charge in [-0.25, -0.2) is 22.4 Å². The fraction of sp³-hybridized carbons (Fsp3) is 0.533. The fourth-order valence-corrected chi connectivity index (χ4v) is 8.59. The quantitative estimate of drug-likeness (QED) is 0.145. The molecule has 3 fully saturated rings. The molecule has 17 heteroatoms. The van der Waals surface area contributed by atoms with Gasteiger partial charge in [0.15, 0.2) is 0 Å². The van der Waals surface area contributed by atoms with Gasteiger partial charge in [0, 0.05) is 11.8 Å². The van der Waals surface area contributed by atoms with Gasteiger partial charge in [0.2, 0.25) is 11.8 Å². The summed E-state index contributed by atoms with van der Waals surface area (Å²) >= 11 is 0. The van der Waals surface area contributed by atoms with Gasteiger partial charge in [0.05, 0.1) is 29.9 Å². The van der Waals surface area contributed by atoms with Crippen LogP contribution in [0, 0.1) is 11.8 Å². The Morgan fingerprint density at radius 1 is 0.677 bits per heavy atom. The summed E-state index contributed by atoms with van der Waals surface area (Å²) in [6.07, 6.45) is -9.04. The molecule has 7 nitrogen and oxygen atoms in total. The number of fused-ring (bicyclic) bond motifs is 2. The van der Waals surface area contributed by atoms with E-state index in [2.05, 4.69) is 5.32 Å². The first-order chi connectivity index (χ1) is 28.7. The van der Waals surface area contributed by atoms with Crippen LogP contribution >= 0.6 is 0 Å². The van der Waals surface area contributed by atoms with Crippen LogP contribution in [0.3, 0.4) is 0 Å². The Morgan fingerprint density at radius 2 is 1.11 bits per heavy atom. The number of cyclic esters (lactones) is 1. The van der Waals surface area contributed by atoms with Gasteiger partial charge in [-0.05, 0) is 136 Å². The first-order valence-corrected chi connectivity index (χ1v) is 20.4. The molecule has 340 valence electrons. The van der Waals surface area contributed by atoms with E-state index in [-0.39, 0.29) is 86.9 Å². The largest absolute Gasteiger partial charge is 0.490 e. The average molecular weight is 889 g/mol. The van der Waals surface area contributed by atoms with Crippen LogP contribution in [0.5, 0.6) is 11.5 Å². The molecule has 0 bridgehead atoms. The van der Waals surface area contributed by atoms with Gasteiger partial charge in [0.25, 0.3) is 0 Å². The summed E-state index contributed by atoms with van der Waals surface area (Å²) in [4.78, 5) is 11.4. The van der Waals surface area contributed by atoms with Crippen LogP contribution in [0.4, 0.5) is 48.7 Å². The molecule has 0 aromatic heterocycles. The number of halogens is 10. The highest BCUT2D eigenvalue weighted by molar-refractivity contribution is 5.90. The Balaban J connectivity index is 0.000000207. The summed E-state index contributed by atoms with van der Waals surface area (Å²) in [6.45, 7) is 4.79. The predicted octanol–water partition coefficient (Wildman–Crippen LogP) is 12.0. The van der Waals surface area contributed by atoms with Gasteiger partial charge in [-0.2, -0.15) is 26.3 Å². The smallest absolute Gasteiger partial charge is 0.420 e. The Labute approximate surface area is 352 Å². The van der Waals surface area contributed by atoms with E-state index in [1.807, 2.05) is 0 Å². The lowest BCUT2D eigenvalue weighted by Crippen LogP contribution is -2.37. The van der Waals surface area contributed by atoms with E-state index in [4.69, 9.17) is 19.9 Å². The van der Waals surface area contributed by atoms with E-state index < -0.39 is 76.5 Å². The lowest BCUT2D eigenvalue weighted by molar-refractivity contribution is -0.139. The molecule has 0 spiro atoms. The van der Waals surface area contributed by atoms with E-state index in [0.29, 0.717) is 21.9 Å². The SMILES string of the molecule is CC(F)(F)C1CCC(Oc2ccc3cc([C@@](C)(N)CO)ccc3c2C(F)(F)F)CC1.CC(F)(F)C1CCC(Oc2ccc3cc([C@]4(C)COC(=O)N4)ccc3c2C(F)(F)F)CC1. The third-order valence-corrected chi connectivity index (χ3v) is 12.4. The van der Waals surface area contributed by atoms with E-state index in [9.17, 15) is 53.8 Å². The first-order valence-electron chi connectivity index (χ1n) is 20.4. The number of aliphatic hydroxyl groups is 1. The van der Waals surface area contributed by atoms with Crippen LogP contribution in [0.25, 0.3) is 21.5 Å². The van der Waals surface area contributed by atoms with Crippen molar-refractivity contribution in [3.05, 3.63) is 82.9 Å². The number of nitrogens with two attached hydrogens (primary N) is 1. The number of alkyl halides is 10. The zero-order valence-corrected chi connectivity index (χ0v) is 34.6. The molecule has 1 heterocycles. The maximum Gasteiger partial charge on any atom is 0.420 e. The van der Waals surface area contributed by atoms with Crippen molar-refractivity contribution in [3.8, 4) is 11.5 Å². The maximum atomic E-state index is 14.0. The van der Waals surface area contributed by atoms with Gasteiger partial charge in [-0.1, -0.05) is 36.4 Å². The number of hydrogen-bond acceptors (Lipinski definition) is 6. The first kappa shape index (κ1) is 47.0. The lowest BCUT2D eigenvalue weighted by Gasteiger charge is -2.32. The van der Waals surface area contributed by atoms with Crippen molar-refractivity contribution in [1.82, 2.24) is 5.32 Å². The molecule has 2 atom stereocenters. The number of ether oxygens (including phenoxy) is 3. The van der Waals surface area contributed by atoms with Crippen LogP contribution in [0.1, 0.15) is 101 Å². The molecule has 4 aromatic carbocycles. The summed E-state index contributed by atoms with van der Waals surface area (Å²) in [7, 11) is 0. The van der Waals surface area contributed by atoms with Crippen molar-refractivity contribution in [3.63, 3.8) is 0 Å². The zero-order chi connectivity index (χ0) is 45.6. The van der Waals surface area contributed by atoms with E-state index in [0.717, 1.165) is 13.8 Å². The van der Waals surface area contributed by atoms with Gasteiger partial charge in [-0.15, -0.1) is 0 Å². The number of rotatable bonds is 9. The zero-order valence-electron chi connectivity index (χ0n) is 34.6. The van der Waals surface area contributed by atoms with Crippen molar-refractivity contribution in [2.75, 3.05) is 13.2 Å². The molecule has 3 aliphatic rings. The molecule has 2 aliphatic carbocycles. The fourth-order valence-electron chi connectivity index (χ4n) is 8.59. The number of alkyl carbamates (subject to hydrolysis) is 1. The highest BCUT2D eigenvalue weighted by atomic mass is 19.4. The van der Waals surface area contributed by atoms with Crippen LogP contribution in [-0.2, 0) is 28.2 Å². The Hall–Kier alpha value is -4.51. The molecular weight excluding hydrogens is 838 g/mol. The van der Waals surface area contributed by atoms with Crippen LogP contribution in [-0.4, -0.2) is 48.5 Å². The van der Waals surface area contributed by atoms with Crippen molar-refractivity contribution < 1.29 is 68.0 Å². The standard InChI is InChI=1S/C23H24F5NO3.C22H26F5NO2/c1-21(12-31-20(30)29-21)15-6-9-17-13(11-15)3-10-18(19(17)23(26,27)28)32-16-7-4-14(5-8-16)22(2,24)25;1-20(28,12-29)15-6-9-17-13(11-15)3-10-18(19(17)22(25,26)27)30-16-7-4-14(5-8-16)21(2,23)24/h3,6,9-11,14,16H,4-5,7-8,12H2,1-2H3,(H,29,30);3,6,9-11,14,16,29H,4-5,7-8,12,28H2,1-2H3/t14?,16?,21-;14?,16?,20-/m00/s1. The number of benzene rings is 4. The van der Waals surface area contributed by atoms with Gasteiger partial charge < -0.3 is 30.4 Å². The Morgan fingerprint density at radius 3 is 1.50 bits per heavy atom. The predicted molar refractivity (Wildman–Crippen MR) is 212 cm³/mol. The van der Waals surface area contributed by atoms with Crippen molar-refractivity contribution in [2.45, 2.75) is 127 Å². The molecule has 2 saturated carbocycles. The monoisotopic (exact) mass is 888 g/mol. The number of carbonyl (C=O) groups is 1. The van der Waals surface area contributed by atoms with E-state index in [1.54, 1.807) is 19.9 Å². The van der Waals surface area contributed by atoms with Crippen molar-refractivity contribution >= 4 is 27.6 Å². The second kappa shape index (κ2) is 17.2. The molecule has 1 saturated heterocycles. The van der Waals surface area contributed by atoms with Gasteiger partial charge in [-0.3, -0.25) is 0 Å². The van der Waals surface area contributed by atoms with Gasteiger partial charge in [0.1, 0.15) is 29.2 Å². The van der Waals surface area contributed by atoms with Crippen molar-refractivity contribution in [1.29, 1.82) is 0 Å². The van der Waals surface area contributed by atoms with E-state index >= 15 is 0 Å². The highest BCUT2D eigenvalue weighted by Gasteiger charge is 2.43. The van der Waals surface area contributed by atoms with Crippen LogP contribution < -0.4 is 20.5 Å². The minimum atomic E-state index is -4.67. The van der Waals surface area contributed by atoms with E-state index in [1.165, 1.54) is 54.6 Å². The number of aliphatic hydroxyl groups excluding tert-OH is 1. The molecular formula is C45H50F10N2O5. The number of amides is 1. The summed E-state index contributed by atoms with van der Waals surface area (Å²) in [6, 6.07) is 14.4. The molecule has 7 rings (SSSR count). The minimum absolute atomic E-state index is 0.0265. The molecule has 1 amide bonds. The topological polar surface area (TPSA) is 103 Å². The number of hydrogen-bond donors (Lipinski definition) is 3. The number of nitrogens with one attached hydrogen (secondary N) is 1. The van der Waals surface area contributed by atoms with Gasteiger partial charge >= 0.3 is 18.4 Å². The molecule has 0 radical (unpaired) electrons. The summed E-state index contributed by atoms with van der Waals surface area (Å²) in [5, 5.41) is 12.7. The summed E-state index contributed by atoms with van der Waals surface area (Å²) < 4.78 is 154. The molecule has 4 aromatic rings. The average Bonchev–Trinajstić information content (AvgIpc) is 3.55. The molecule has 62 heavy (non-hydrogen) atoms. The summed E-state index contributed by atoms with van der Waals surface area (Å²) in [5.41, 5.74) is 3.44. The Bertz CT molecular complexity index is 2240. The van der Waals surface area contributed by atoms with Crippen LogP contribution in [0.2, 0.25) is 0 Å². The normalized spacial score (nSPS) is 24.7. The lowest BCUT2D eigenvalue weighted by atomic mass is 9.83. The number of carbonyl (C=O) groups excluding carboxylic acids is 1.